The second kappa shape index (κ2) is 4.84. The molecule has 1 aliphatic heterocycles. The maximum absolute atomic E-state index is 5.49. The van der Waals surface area contributed by atoms with E-state index in [0.29, 0.717) is 6.54 Å². The van der Waals surface area contributed by atoms with Crippen LogP contribution < -0.4 is 5.73 Å². The first-order valence-corrected chi connectivity index (χ1v) is 6.25. The van der Waals surface area contributed by atoms with Crippen molar-refractivity contribution in [2.45, 2.75) is 25.8 Å². The van der Waals surface area contributed by atoms with E-state index in [-0.39, 0.29) is 0 Å². The van der Waals surface area contributed by atoms with E-state index in [1.54, 1.807) is 6.20 Å². The van der Waals surface area contributed by atoms with Gasteiger partial charge in [-0.15, -0.1) is 0 Å². The zero-order chi connectivity index (χ0) is 9.80. The maximum atomic E-state index is 5.49. The Hall–Kier alpha value is -0.480. The normalized spacial score (nSPS) is 18.6. The first kappa shape index (κ1) is 10.1. The first-order chi connectivity index (χ1) is 6.88. The van der Waals surface area contributed by atoms with Crippen LogP contribution in [0.5, 0.6) is 0 Å². The Labute approximate surface area is 88.5 Å². The summed E-state index contributed by atoms with van der Waals surface area (Å²) in [5.41, 5.74) is 5.46. The Morgan fingerprint density at radius 2 is 2.29 bits per heavy atom. The topological polar surface area (TPSA) is 52.0 Å². The Kier molecular flexibility index (Phi) is 3.48. The van der Waals surface area contributed by atoms with Gasteiger partial charge in [-0.25, -0.2) is 4.98 Å². The minimum Gasteiger partial charge on any atom is -0.444 e. The molecular formula is C10H16N2OS. The molecule has 3 nitrogen and oxygen atoms in total. The highest BCUT2D eigenvalue weighted by Gasteiger charge is 2.16. The number of oxazole rings is 1. The fourth-order valence-electron chi connectivity index (χ4n) is 1.73. The molecule has 0 saturated carbocycles. The molecule has 1 aliphatic rings. The summed E-state index contributed by atoms with van der Waals surface area (Å²) in [4.78, 5) is 4.23. The monoisotopic (exact) mass is 212 g/mol. The molecule has 0 amide bonds. The second-order valence-corrected chi connectivity index (χ2v) is 4.91. The number of thioether (sulfide) groups is 1. The molecule has 1 aromatic rings. The molecule has 14 heavy (non-hydrogen) atoms. The third-order valence-corrected chi connectivity index (χ3v) is 3.66. The van der Waals surface area contributed by atoms with Crippen LogP contribution in [0.15, 0.2) is 10.6 Å². The minimum absolute atomic E-state index is 0.452. The van der Waals surface area contributed by atoms with Gasteiger partial charge >= 0.3 is 0 Å². The van der Waals surface area contributed by atoms with Gasteiger partial charge in [-0.2, -0.15) is 11.8 Å². The molecule has 1 aromatic heterocycles. The summed E-state index contributed by atoms with van der Waals surface area (Å²) < 4.78 is 5.49. The number of nitrogens with two attached hydrogens (primary N) is 1. The van der Waals surface area contributed by atoms with Gasteiger partial charge in [0.05, 0.1) is 12.7 Å². The van der Waals surface area contributed by atoms with Crippen molar-refractivity contribution in [1.29, 1.82) is 0 Å². The molecule has 0 aromatic carbocycles. The third-order valence-electron chi connectivity index (χ3n) is 2.61. The zero-order valence-electron chi connectivity index (χ0n) is 8.24. The first-order valence-electron chi connectivity index (χ1n) is 5.10. The predicted octanol–water partition coefficient (Wildman–Crippen LogP) is 1.82. The van der Waals surface area contributed by atoms with Crippen LogP contribution in [0.2, 0.25) is 0 Å². The van der Waals surface area contributed by atoms with Crippen molar-refractivity contribution in [3.8, 4) is 0 Å². The van der Waals surface area contributed by atoms with E-state index in [1.165, 1.54) is 24.3 Å². The van der Waals surface area contributed by atoms with Crippen LogP contribution in [0.3, 0.4) is 0 Å². The fraction of sp³-hybridized carbons (Fsp3) is 0.700. The van der Waals surface area contributed by atoms with Gasteiger partial charge in [-0.1, -0.05) is 0 Å². The lowest BCUT2D eigenvalue weighted by Gasteiger charge is -2.19. The van der Waals surface area contributed by atoms with Gasteiger partial charge in [0, 0.05) is 6.42 Å². The molecule has 0 spiro atoms. The van der Waals surface area contributed by atoms with Crippen molar-refractivity contribution in [2.24, 2.45) is 11.7 Å². The van der Waals surface area contributed by atoms with E-state index in [9.17, 15) is 0 Å². The second-order valence-electron chi connectivity index (χ2n) is 3.68. The average Bonchev–Trinajstić information content (AvgIpc) is 2.67. The van der Waals surface area contributed by atoms with E-state index in [4.69, 9.17) is 10.2 Å². The Balaban J connectivity index is 1.89. The van der Waals surface area contributed by atoms with E-state index in [2.05, 4.69) is 4.98 Å². The summed E-state index contributed by atoms with van der Waals surface area (Å²) in [5.74, 6) is 5.00. The summed E-state index contributed by atoms with van der Waals surface area (Å²) in [6.45, 7) is 0.452. The highest BCUT2D eigenvalue weighted by atomic mass is 32.2. The lowest BCUT2D eigenvalue weighted by atomic mass is 9.99. The molecule has 0 bridgehead atoms. The Bertz CT molecular complexity index is 281. The highest BCUT2D eigenvalue weighted by Crippen LogP contribution is 2.25. The van der Waals surface area contributed by atoms with E-state index >= 15 is 0 Å². The third kappa shape index (κ3) is 2.51. The quantitative estimate of drug-likeness (QED) is 0.830. The largest absolute Gasteiger partial charge is 0.444 e. The molecule has 2 N–H and O–H groups in total. The molecule has 0 radical (unpaired) electrons. The standard InChI is InChI=1S/C10H16N2OS/c11-6-9-7-12-10(13-9)5-8-1-3-14-4-2-8/h7-8H,1-6,11H2. The van der Waals surface area contributed by atoms with Gasteiger partial charge in [0.2, 0.25) is 0 Å². The number of hydrogen-bond acceptors (Lipinski definition) is 4. The van der Waals surface area contributed by atoms with Crippen LogP contribution in [-0.2, 0) is 13.0 Å². The summed E-state index contributed by atoms with van der Waals surface area (Å²) in [6, 6.07) is 0. The van der Waals surface area contributed by atoms with Gasteiger partial charge in [0.25, 0.3) is 0 Å². The van der Waals surface area contributed by atoms with E-state index in [0.717, 1.165) is 24.0 Å². The summed E-state index contributed by atoms with van der Waals surface area (Å²) in [5, 5.41) is 0. The summed E-state index contributed by atoms with van der Waals surface area (Å²) >= 11 is 2.05. The number of nitrogens with zero attached hydrogens (tertiary/aromatic N) is 1. The SMILES string of the molecule is NCc1cnc(CC2CCSCC2)o1. The number of aromatic nitrogens is 1. The predicted molar refractivity (Wildman–Crippen MR) is 58.1 cm³/mol. The van der Waals surface area contributed by atoms with Crippen molar-refractivity contribution in [2.75, 3.05) is 11.5 Å². The van der Waals surface area contributed by atoms with E-state index < -0.39 is 0 Å². The molecule has 1 saturated heterocycles. The van der Waals surface area contributed by atoms with Gasteiger partial charge in [-0.05, 0) is 30.3 Å². The number of rotatable bonds is 3. The molecule has 0 atom stereocenters. The lowest BCUT2D eigenvalue weighted by Crippen LogP contribution is -2.12. The van der Waals surface area contributed by atoms with Crippen molar-refractivity contribution in [3.05, 3.63) is 17.8 Å². The highest BCUT2D eigenvalue weighted by molar-refractivity contribution is 7.99. The van der Waals surface area contributed by atoms with E-state index in [1.807, 2.05) is 11.8 Å². The zero-order valence-corrected chi connectivity index (χ0v) is 9.05. The van der Waals surface area contributed by atoms with Gasteiger partial charge in [-0.3, -0.25) is 0 Å². The Morgan fingerprint density at radius 3 is 2.93 bits per heavy atom. The van der Waals surface area contributed by atoms with Crippen molar-refractivity contribution >= 4 is 11.8 Å². The fourth-order valence-corrected chi connectivity index (χ4v) is 2.94. The molecule has 4 heteroatoms. The summed E-state index contributed by atoms with van der Waals surface area (Å²) in [6.07, 6.45) is 5.32. The molecule has 2 heterocycles. The van der Waals surface area contributed by atoms with Crippen LogP contribution >= 0.6 is 11.8 Å². The molecule has 2 rings (SSSR count). The van der Waals surface area contributed by atoms with Crippen LogP contribution in [0.25, 0.3) is 0 Å². The Morgan fingerprint density at radius 1 is 1.50 bits per heavy atom. The van der Waals surface area contributed by atoms with Gasteiger partial charge in [0.15, 0.2) is 5.89 Å². The van der Waals surface area contributed by atoms with Crippen LogP contribution in [0.4, 0.5) is 0 Å². The van der Waals surface area contributed by atoms with Gasteiger partial charge < -0.3 is 10.2 Å². The molecule has 0 aliphatic carbocycles. The molecule has 78 valence electrons. The molecule has 0 unspecified atom stereocenters. The lowest BCUT2D eigenvalue weighted by molar-refractivity contribution is 0.393. The van der Waals surface area contributed by atoms with Crippen molar-refractivity contribution in [1.82, 2.24) is 4.98 Å². The van der Waals surface area contributed by atoms with Crippen molar-refractivity contribution < 1.29 is 4.42 Å². The van der Waals surface area contributed by atoms with Crippen LogP contribution in [-0.4, -0.2) is 16.5 Å². The van der Waals surface area contributed by atoms with Gasteiger partial charge in [0.1, 0.15) is 5.76 Å². The minimum atomic E-state index is 0.452. The maximum Gasteiger partial charge on any atom is 0.194 e. The van der Waals surface area contributed by atoms with Crippen LogP contribution in [0, 0.1) is 5.92 Å². The number of hydrogen-bond donors (Lipinski definition) is 1. The molecule has 1 fully saturated rings. The summed E-state index contributed by atoms with van der Waals surface area (Å²) in [7, 11) is 0. The smallest absolute Gasteiger partial charge is 0.194 e. The molecular weight excluding hydrogens is 196 g/mol. The van der Waals surface area contributed by atoms with Crippen LogP contribution in [0.1, 0.15) is 24.5 Å². The van der Waals surface area contributed by atoms with Crippen molar-refractivity contribution in [3.63, 3.8) is 0 Å². The average molecular weight is 212 g/mol.